The zero-order valence-corrected chi connectivity index (χ0v) is 8.90. The van der Waals surface area contributed by atoms with E-state index in [2.05, 4.69) is 0 Å². The molecule has 5 nitrogen and oxygen atoms in total. The van der Waals surface area contributed by atoms with Gasteiger partial charge < -0.3 is 15.4 Å². The third-order valence-corrected chi connectivity index (χ3v) is 2.58. The summed E-state index contributed by atoms with van der Waals surface area (Å²) in [5.74, 6) is -0.846. The maximum atomic E-state index is 11.4. The summed E-state index contributed by atoms with van der Waals surface area (Å²) in [5, 5.41) is 0. The standard InChI is InChI=1S/C11H12N2O3/c1-13(11(15)10(12)14)8-2-3-9-7(6-8)4-5-16-9/h2-3,6H,4-5H2,1H3,(H2,12,14). The van der Waals surface area contributed by atoms with Crippen molar-refractivity contribution >= 4 is 17.5 Å². The number of fused-ring (bicyclic) bond motifs is 1. The highest BCUT2D eigenvalue weighted by molar-refractivity contribution is 6.39. The van der Waals surface area contributed by atoms with Gasteiger partial charge in [-0.2, -0.15) is 0 Å². The number of hydrogen-bond donors (Lipinski definition) is 1. The van der Waals surface area contributed by atoms with E-state index in [1.807, 2.05) is 6.07 Å². The normalized spacial score (nSPS) is 12.8. The third kappa shape index (κ3) is 1.71. The Kier molecular flexibility index (Phi) is 2.52. The number of nitrogens with two attached hydrogens (primary N) is 1. The molecule has 84 valence electrons. The highest BCUT2D eigenvalue weighted by atomic mass is 16.5. The minimum Gasteiger partial charge on any atom is -0.493 e. The number of primary amides is 1. The first kappa shape index (κ1) is 10.5. The molecule has 0 saturated carbocycles. The SMILES string of the molecule is CN(C(=O)C(N)=O)c1ccc2c(c1)CCO2. The smallest absolute Gasteiger partial charge is 0.315 e. The maximum absolute atomic E-state index is 11.4. The number of nitrogens with zero attached hydrogens (tertiary/aromatic N) is 1. The lowest BCUT2D eigenvalue weighted by Gasteiger charge is -2.15. The molecule has 1 aromatic rings. The predicted molar refractivity (Wildman–Crippen MR) is 58.2 cm³/mol. The van der Waals surface area contributed by atoms with Crippen LogP contribution in [0.1, 0.15) is 5.56 Å². The van der Waals surface area contributed by atoms with Crippen LogP contribution in [0.2, 0.25) is 0 Å². The molecule has 1 aliphatic heterocycles. The van der Waals surface area contributed by atoms with Crippen molar-refractivity contribution in [3.05, 3.63) is 23.8 Å². The molecule has 0 radical (unpaired) electrons. The summed E-state index contributed by atoms with van der Waals surface area (Å²) in [6.07, 6.45) is 0.821. The monoisotopic (exact) mass is 220 g/mol. The molecule has 2 amide bonds. The van der Waals surface area contributed by atoms with Gasteiger partial charge in [-0.15, -0.1) is 0 Å². The van der Waals surface area contributed by atoms with Crippen molar-refractivity contribution < 1.29 is 14.3 Å². The van der Waals surface area contributed by atoms with Gasteiger partial charge in [-0.1, -0.05) is 0 Å². The first-order valence-corrected chi connectivity index (χ1v) is 4.93. The van der Waals surface area contributed by atoms with E-state index >= 15 is 0 Å². The van der Waals surface area contributed by atoms with Crippen LogP contribution in [0.15, 0.2) is 18.2 Å². The van der Waals surface area contributed by atoms with Gasteiger partial charge in [-0.25, -0.2) is 0 Å². The molecule has 16 heavy (non-hydrogen) atoms. The van der Waals surface area contributed by atoms with Gasteiger partial charge in [0.15, 0.2) is 0 Å². The van der Waals surface area contributed by atoms with Crippen molar-refractivity contribution in [3.63, 3.8) is 0 Å². The molecule has 0 bridgehead atoms. The lowest BCUT2D eigenvalue weighted by atomic mass is 10.1. The fourth-order valence-corrected chi connectivity index (χ4v) is 1.66. The van der Waals surface area contributed by atoms with Crippen LogP contribution in [0.3, 0.4) is 0 Å². The Morgan fingerprint density at radius 1 is 1.44 bits per heavy atom. The maximum Gasteiger partial charge on any atom is 0.315 e. The second kappa shape index (κ2) is 3.84. The van der Waals surface area contributed by atoms with Crippen LogP contribution in [0.5, 0.6) is 5.75 Å². The summed E-state index contributed by atoms with van der Waals surface area (Å²) in [4.78, 5) is 23.4. The van der Waals surface area contributed by atoms with Gasteiger partial charge in [0.05, 0.1) is 6.61 Å². The zero-order chi connectivity index (χ0) is 11.7. The molecular weight excluding hydrogens is 208 g/mol. The Balaban J connectivity index is 2.28. The molecule has 2 N–H and O–H groups in total. The summed E-state index contributed by atoms with van der Waals surface area (Å²) in [7, 11) is 1.52. The van der Waals surface area contributed by atoms with E-state index in [9.17, 15) is 9.59 Å². The van der Waals surface area contributed by atoms with E-state index < -0.39 is 11.8 Å². The van der Waals surface area contributed by atoms with Gasteiger partial charge >= 0.3 is 11.8 Å². The Bertz CT molecular complexity index is 457. The van der Waals surface area contributed by atoms with Crippen LogP contribution < -0.4 is 15.4 Å². The Labute approximate surface area is 92.8 Å². The molecule has 1 heterocycles. The molecule has 0 aliphatic carbocycles. The number of hydrogen-bond acceptors (Lipinski definition) is 3. The Morgan fingerprint density at radius 2 is 2.19 bits per heavy atom. The van der Waals surface area contributed by atoms with E-state index in [4.69, 9.17) is 10.5 Å². The second-order valence-electron chi connectivity index (χ2n) is 3.62. The average Bonchev–Trinajstić information content (AvgIpc) is 2.73. The second-order valence-corrected chi connectivity index (χ2v) is 3.62. The third-order valence-electron chi connectivity index (χ3n) is 2.58. The van der Waals surface area contributed by atoms with Crippen molar-refractivity contribution in [2.24, 2.45) is 5.73 Å². The number of carbonyl (C=O) groups excluding carboxylic acids is 2. The minimum absolute atomic E-state index is 0.646. The summed E-state index contributed by atoms with van der Waals surface area (Å²) >= 11 is 0. The number of ether oxygens (including phenoxy) is 1. The van der Waals surface area contributed by atoms with Gasteiger partial charge in [0.1, 0.15) is 5.75 Å². The molecule has 1 aromatic carbocycles. The Hall–Kier alpha value is -2.04. The van der Waals surface area contributed by atoms with E-state index in [1.54, 1.807) is 12.1 Å². The first-order valence-electron chi connectivity index (χ1n) is 4.93. The van der Waals surface area contributed by atoms with Crippen LogP contribution in [0.25, 0.3) is 0 Å². The van der Waals surface area contributed by atoms with Gasteiger partial charge in [0.25, 0.3) is 0 Å². The number of carbonyl (C=O) groups is 2. The molecule has 0 atom stereocenters. The van der Waals surface area contributed by atoms with Crippen LogP contribution >= 0.6 is 0 Å². The summed E-state index contributed by atoms with van der Waals surface area (Å²) in [6.45, 7) is 0.659. The molecule has 0 aromatic heterocycles. The van der Waals surface area contributed by atoms with Crippen LogP contribution in [-0.2, 0) is 16.0 Å². The van der Waals surface area contributed by atoms with E-state index in [-0.39, 0.29) is 0 Å². The molecule has 1 aliphatic rings. The molecule has 0 fully saturated rings. The molecule has 2 rings (SSSR count). The van der Waals surface area contributed by atoms with Gasteiger partial charge in [0, 0.05) is 19.2 Å². The fraction of sp³-hybridized carbons (Fsp3) is 0.273. The van der Waals surface area contributed by atoms with Crippen LogP contribution in [0.4, 0.5) is 5.69 Å². The highest BCUT2D eigenvalue weighted by Crippen LogP contribution is 2.29. The number of anilines is 1. The summed E-state index contributed by atoms with van der Waals surface area (Å²) in [5.41, 5.74) is 6.62. The van der Waals surface area contributed by atoms with E-state index in [0.29, 0.717) is 12.3 Å². The summed E-state index contributed by atoms with van der Waals surface area (Å²) < 4.78 is 5.35. The topological polar surface area (TPSA) is 72.6 Å². The van der Waals surface area contributed by atoms with Crippen LogP contribution in [-0.4, -0.2) is 25.5 Å². The fourth-order valence-electron chi connectivity index (χ4n) is 1.66. The van der Waals surface area contributed by atoms with E-state index in [1.165, 1.54) is 11.9 Å². The molecular formula is C11H12N2O3. The van der Waals surface area contributed by atoms with E-state index in [0.717, 1.165) is 17.7 Å². The van der Waals surface area contributed by atoms with Crippen LogP contribution in [0, 0.1) is 0 Å². The predicted octanol–water partition coefficient (Wildman–Crippen LogP) is 0.0696. The van der Waals surface area contributed by atoms with Gasteiger partial charge in [-0.05, 0) is 23.8 Å². The van der Waals surface area contributed by atoms with Crippen molar-refractivity contribution in [1.29, 1.82) is 0 Å². The molecule has 0 spiro atoms. The largest absolute Gasteiger partial charge is 0.493 e. The Morgan fingerprint density at radius 3 is 2.88 bits per heavy atom. The van der Waals surface area contributed by atoms with Crippen molar-refractivity contribution in [2.45, 2.75) is 6.42 Å². The lowest BCUT2D eigenvalue weighted by molar-refractivity contribution is -0.135. The lowest BCUT2D eigenvalue weighted by Crippen LogP contribution is -2.37. The molecule has 0 unspecified atom stereocenters. The van der Waals surface area contributed by atoms with Gasteiger partial charge in [0.2, 0.25) is 0 Å². The van der Waals surface area contributed by atoms with Crippen molar-refractivity contribution in [1.82, 2.24) is 0 Å². The highest BCUT2D eigenvalue weighted by Gasteiger charge is 2.19. The summed E-state index contributed by atoms with van der Waals surface area (Å²) in [6, 6.07) is 5.36. The van der Waals surface area contributed by atoms with Gasteiger partial charge in [-0.3, -0.25) is 9.59 Å². The number of likely N-dealkylation sites (N-methyl/N-ethyl adjacent to an activating group) is 1. The molecule has 0 saturated heterocycles. The van der Waals surface area contributed by atoms with Crippen molar-refractivity contribution in [3.8, 4) is 5.75 Å². The number of amides is 2. The van der Waals surface area contributed by atoms with Crippen molar-refractivity contribution in [2.75, 3.05) is 18.6 Å². The minimum atomic E-state index is -0.959. The number of rotatable bonds is 1. The zero-order valence-electron chi connectivity index (χ0n) is 8.90. The first-order chi connectivity index (χ1) is 7.59. The average molecular weight is 220 g/mol. The quantitative estimate of drug-likeness (QED) is 0.681. The molecule has 5 heteroatoms. The number of benzene rings is 1.